The largest absolute Gasteiger partial charge is 0.441 e. The molecule has 1 aliphatic carbocycles. The third-order valence-corrected chi connectivity index (χ3v) is 5.19. The van der Waals surface area contributed by atoms with Crippen molar-refractivity contribution in [2.75, 3.05) is 13.1 Å². The summed E-state index contributed by atoms with van der Waals surface area (Å²) in [6.07, 6.45) is 10.6. The minimum Gasteiger partial charge on any atom is -0.441 e. The topological polar surface area (TPSA) is 67.2 Å². The molecule has 0 atom stereocenters. The fourth-order valence-electron chi connectivity index (χ4n) is 3.55. The van der Waals surface area contributed by atoms with Crippen LogP contribution in [0.5, 0.6) is 0 Å². The Morgan fingerprint density at radius 3 is 2.45 bits per heavy atom. The standard InChI is InChI=1S/C22H31N3O2.2ClH/c1-17-8-10-18(11-9-17)20-16-25-22(27-20)13-12-21(26)24-15-14-23-19-6-4-2-3-5-7-19;;/h8-11,16,19,23H,2-7,12-15H2,1H3,(H,24,26);2*1H. The molecule has 3 rings (SSSR count). The molecule has 0 radical (unpaired) electrons. The van der Waals surface area contributed by atoms with Gasteiger partial charge in [-0.25, -0.2) is 4.98 Å². The van der Waals surface area contributed by atoms with Crippen LogP contribution in [0.25, 0.3) is 11.3 Å². The van der Waals surface area contributed by atoms with Crippen LogP contribution in [0.1, 0.15) is 56.4 Å². The summed E-state index contributed by atoms with van der Waals surface area (Å²) in [5.74, 6) is 1.41. The van der Waals surface area contributed by atoms with E-state index in [1.54, 1.807) is 6.20 Å². The first kappa shape index (κ1) is 25.5. The number of halogens is 2. The Balaban J connectivity index is 0.00000210. The zero-order valence-corrected chi connectivity index (χ0v) is 18.7. The van der Waals surface area contributed by atoms with Crippen molar-refractivity contribution in [3.8, 4) is 11.3 Å². The molecule has 0 bridgehead atoms. The molecule has 1 amide bonds. The number of rotatable bonds is 8. The highest BCUT2D eigenvalue weighted by atomic mass is 35.5. The van der Waals surface area contributed by atoms with Crippen molar-refractivity contribution < 1.29 is 9.21 Å². The maximum absolute atomic E-state index is 12.0. The van der Waals surface area contributed by atoms with Crippen molar-refractivity contribution in [1.82, 2.24) is 15.6 Å². The van der Waals surface area contributed by atoms with Crippen LogP contribution in [0, 0.1) is 6.92 Å². The quantitative estimate of drug-likeness (QED) is 0.453. The number of nitrogens with one attached hydrogen (secondary N) is 2. The smallest absolute Gasteiger partial charge is 0.220 e. The van der Waals surface area contributed by atoms with Gasteiger partial charge in [0.15, 0.2) is 11.7 Å². The van der Waals surface area contributed by atoms with Crippen molar-refractivity contribution in [2.24, 2.45) is 0 Å². The van der Waals surface area contributed by atoms with E-state index >= 15 is 0 Å². The van der Waals surface area contributed by atoms with Gasteiger partial charge in [-0.3, -0.25) is 4.79 Å². The van der Waals surface area contributed by atoms with E-state index in [0.29, 0.717) is 31.3 Å². The summed E-state index contributed by atoms with van der Waals surface area (Å²) in [4.78, 5) is 16.3. The summed E-state index contributed by atoms with van der Waals surface area (Å²) in [6, 6.07) is 8.76. The highest BCUT2D eigenvalue weighted by Gasteiger charge is 2.12. The van der Waals surface area contributed by atoms with E-state index < -0.39 is 0 Å². The Labute approximate surface area is 186 Å². The van der Waals surface area contributed by atoms with Crippen molar-refractivity contribution >= 4 is 30.7 Å². The van der Waals surface area contributed by atoms with Gasteiger partial charge >= 0.3 is 0 Å². The fraction of sp³-hybridized carbons (Fsp3) is 0.545. The number of carbonyl (C=O) groups excluding carboxylic acids is 1. The Morgan fingerprint density at radius 2 is 1.76 bits per heavy atom. The molecule has 1 saturated carbocycles. The van der Waals surface area contributed by atoms with E-state index in [2.05, 4.69) is 22.5 Å². The normalized spacial score (nSPS) is 14.4. The molecule has 5 nitrogen and oxygen atoms in total. The second-order valence-electron chi connectivity index (χ2n) is 7.48. The summed E-state index contributed by atoms with van der Waals surface area (Å²) in [7, 11) is 0. The van der Waals surface area contributed by atoms with Crippen LogP contribution in [-0.2, 0) is 11.2 Å². The van der Waals surface area contributed by atoms with Gasteiger partial charge < -0.3 is 15.1 Å². The van der Waals surface area contributed by atoms with Gasteiger partial charge in [-0.15, -0.1) is 24.8 Å². The summed E-state index contributed by atoms with van der Waals surface area (Å²) < 4.78 is 5.77. The zero-order valence-electron chi connectivity index (χ0n) is 17.1. The van der Waals surface area contributed by atoms with E-state index in [1.165, 1.54) is 44.1 Å². The number of nitrogens with zero attached hydrogens (tertiary/aromatic N) is 1. The monoisotopic (exact) mass is 441 g/mol. The molecule has 7 heteroatoms. The fourth-order valence-corrected chi connectivity index (χ4v) is 3.55. The average molecular weight is 442 g/mol. The molecule has 1 aromatic heterocycles. The minimum absolute atomic E-state index is 0. The third-order valence-electron chi connectivity index (χ3n) is 5.19. The molecule has 1 aromatic carbocycles. The molecule has 1 heterocycles. The molecule has 0 aliphatic heterocycles. The molecule has 0 spiro atoms. The molecule has 162 valence electrons. The highest BCUT2D eigenvalue weighted by Crippen LogP contribution is 2.21. The molecule has 29 heavy (non-hydrogen) atoms. The maximum Gasteiger partial charge on any atom is 0.220 e. The van der Waals surface area contributed by atoms with Crippen molar-refractivity contribution in [1.29, 1.82) is 0 Å². The Hall–Kier alpha value is -1.56. The number of carbonyl (C=O) groups is 1. The van der Waals surface area contributed by atoms with Crippen molar-refractivity contribution in [3.05, 3.63) is 41.9 Å². The third kappa shape index (κ3) is 8.77. The summed E-state index contributed by atoms with van der Waals surface area (Å²) >= 11 is 0. The first-order valence-electron chi connectivity index (χ1n) is 10.2. The van der Waals surface area contributed by atoms with Crippen LogP contribution in [0.2, 0.25) is 0 Å². The number of hydrogen-bond acceptors (Lipinski definition) is 4. The number of aromatic nitrogens is 1. The molecule has 1 fully saturated rings. The molecule has 2 aromatic rings. The first-order valence-corrected chi connectivity index (χ1v) is 10.2. The SMILES string of the molecule is Cc1ccc(-c2cnc(CCC(=O)NCCNC3CCCCCC3)o2)cc1.Cl.Cl. The van der Waals surface area contributed by atoms with Gasteiger partial charge in [0.05, 0.1) is 6.20 Å². The van der Waals surface area contributed by atoms with Gasteiger partial charge in [0.2, 0.25) is 5.91 Å². The molecule has 2 N–H and O–H groups in total. The van der Waals surface area contributed by atoms with E-state index in [-0.39, 0.29) is 30.7 Å². The lowest BCUT2D eigenvalue weighted by molar-refractivity contribution is -0.121. The highest BCUT2D eigenvalue weighted by molar-refractivity contribution is 5.85. The van der Waals surface area contributed by atoms with Crippen LogP contribution in [0.15, 0.2) is 34.9 Å². The van der Waals surface area contributed by atoms with Crippen LogP contribution >= 0.6 is 24.8 Å². The lowest BCUT2D eigenvalue weighted by Gasteiger charge is -2.16. The Bertz CT molecular complexity index is 711. The summed E-state index contributed by atoms with van der Waals surface area (Å²) in [6.45, 7) is 3.57. The van der Waals surface area contributed by atoms with Crippen molar-refractivity contribution in [3.63, 3.8) is 0 Å². The number of hydrogen-bond donors (Lipinski definition) is 2. The predicted octanol–water partition coefficient (Wildman–Crippen LogP) is 4.85. The van der Waals surface area contributed by atoms with Gasteiger partial charge in [-0.2, -0.15) is 0 Å². The predicted molar refractivity (Wildman–Crippen MR) is 122 cm³/mol. The number of benzene rings is 1. The maximum atomic E-state index is 12.0. The number of aryl methyl sites for hydroxylation is 2. The van der Waals surface area contributed by atoms with Gasteiger partial charge in [0, 0.05) is 37.5 Å². The molecule has 0 unspecified atom stereocenters. The van der Waals surface area contributed by atoms with Gasteiger partial charge in [-0.1, -0.05) is 55.5 Å². The average Bonchev–Trinajstić information content (AvgIpc) is 3.00. The van der Waals surface area contributed by atoms with Gasteiger partial charge in [-0.05, 0) is 19.8 Å². The molecule has 1 aliphatic rings. The lowest BCUT2D eigenvalue weighted by Crippen LogP contribution is -2.36. The second-order valence-corrected chi connectivity index (χ2v) is 7.48. The molecule has 0 saturated heterocycles. The lowest BCUT2D eigenvalue weighted by atomic mass is 10.1. The summed E-state index contributed by atoms with van der Waals surface area (Å²) in [5.41, 5.74) is 2.22. The van der Waals surface area contributed by atoms with E-state index in [9.17, 15) is 4.79 Å². The molecular weight excluding hydrogens is 409 g/mol. The van der Waals surface area contributed by atoms with Crippen LogP contribution < -0.4 is 10.6 Å². The second kappa shape index (κ2) is 13.6. The van der Waals surface area contributed by atoms with Crippen LogP contribution in [-0.4, -0.2) is 30.0 Å². The van der Waals surface area contributed by atoms with Crippen LogP contribution in [0.4, 0.5) is 0 Å². The Morgan fingerprint density at radius 1 is 1.07 bits per heavy atom. The van der Waals surface area contributed by atoms with Crippen LogP contribution in [0.3, 0.4) is 0 Å². The first-order chi connectivity index (χ1) is 13.2. The van der Waals surface area contributed by atoms with Gasteiger partial charge in [0.25, 0.3) is 0 Å². The number of amides is 1. The van der Waals surface area contributed by atoms with E-state index in [4.69, 9.17) is 4.42 Å². The Kier molecular flexibility index (Phi) is 12.0. The minimum atomic E-state index is 0. The zero-order chi connectivity index (χ0) is 18.9. The number of oxazole rings is 1. The van der Waals surface area contributed by atoms with E-state index in [0.717, 1.165) is 17.9 Å². The molecular formula is C22H33Cl2N3O2. The van der Waals surface area contributed by atoms with E-state index in [1.807, 2.05) is 24.3 Å². The van der Waals surface area contributed by atoms with Gasteiger partial charge in [0.1, 0.15) is 0 Å². The summed E-state index contributed by atoms with van der Waals surface area (Å²) in [5, 5.41) is 6.55. The van der Waals surface area contributed by atoms with Crippen molar-refractivity contribution in [2.45, 2.75) is 64.3 Å².